The van der Waals surface area contributed by atoms with E-state index in [0.717, 1.165) is 22.6 Å². The zero-order chi connectivity index (χ0) is 20.8. The summed E-state index contributed by atoms with van der Waals surface area (Å²) in [5.41, 5.74) is 3.84. The lowest BCUT2D eigenvalue weighted by Crippen LogP contribution is -2.41. The number of halogens is 3. The number of aliphatic hydroxyl groups excluding tert-OH is 1. The van der Waals surface area contributed by atoms with Gasteiger partial charge in [0.15, 0.2) is 0 Å². The predicted octanol–water partition coefficient (Wildman–Crippen LogP) is 2.00. The minimum Gasteiger partial charge on any atom is -0.492 e. The van der Waals surface area contributed by atoms with Gasteiger partial charge in [-0.2, -0.15) is 13.2 Å². The molecule has 2 aliphatic rings. The Kier molecular flexibility index (Phi) is 4.77. The largest absolute Gasteiger partial charge is 0.492 e. The molecule has 5 nitrogen and oxygen atoms in total. The molecule has 1 unspecified atom stereocenters. The smallest absolute Gasteiger partial charge is 0.416 e. The quantitative estimate of drug-likeness (QED) is 0.791. The van der Waals surface area contributed by atoms with Crippen LogP contribution < -0.4 is 20.9 Å². The number of nitrogens with one attached hydrogen (secondary N) is 1. The second-order valence-electron chi connectivity index (χ2n) is 6.73. The van der Waals surface area contributed by atoms with Crippen LogP contribution in [0.5, 0.6) is 0 Å². The Morgan fingerprint density at radius 2 is 1.79 bits per heavy atom. The van der Waals surface area contributed by atoms with E-state index in [1.807, 2.05) is 35.4 Å². The van der Waals surface area contributed by atoms with Crippen LogP contribution in [0.4, 0.5) is 18.9 Å². The Morgan fingerprint density at radius 3 is 2.45 bits per heavy atom. The van der Waals surface area contributed by atoms with Gasteiger partial charge in [-0.25, -0.2) is 5.01 Å². The molecular weight excluding hydrogens is 403 g/mol. The Bertz CT molecular complexity index is 1130. The van der Waals surface area contributed by atoms with Gasteiger partial charge < -0.3 is 10.0 Å². The Morgan fingerprint density at radius 1 is 1.10 bits per heavy atom. The second-order valence-corrected chi connectivity index (χ2v) is 8.28. The number of fused-ring (bicyclic) bond motifs is 2. The van der Waals surface area contributed by atoms with Crippen molar-refractivity contribution in [3.8, 4) is 0 Å². The lowest BCUT2D eigenvalue weighted by atomic mass is 10.1. The topological polar surface area (TPSA) is 55.8 Å². The maximum absolute atomic E-state index is 12.9. The third-order valence-electron chi connectivity index (χ3n) is 4.77. The monoisotopic (exact) mass is 421 g/mol. The van der Waals surface area contributed by atoms with E-state index in [-0.39, 0.29) is 5.88 Å². The van der Waals surface area contributed by atoms with Crippen LogP contribution in [0.2, 0.25) is 0 Å². The van der Waals surface area contributed by atoms with E-state index < -0.39 is 22.5 Å². The zero-order valence-corrected chi connectivity index (χ0v) is 16.2. The van der Waals surface area contributed by atoms with Gasteiger partial charge in [0.2, 0.25) is 5.88 Å². The molecule has 0 aromatic heterocycles. The number of hydrogen-bond donors (Lipinski definition) is 2. The minimum absolute atomic E-state index is 0.132. The van der Waals surface area contributed by atoms with Crippen molar-refractivity contribution in [1.82, 2.24) is 10.3 Å². The molecule has 2 aromatic carbocycles. The summed E-state index contributed by atoms with van der Waals surface area (Å²) >= 11 is 0. The van der Waals surface area contributed by atoms with Crippen LogP contribution in [-0.2, 0) is 17.0 Å². The molecule has 2 aromatic rings. The van der Waals surface area contributed by atoms with E-state index in [9.17, 15) is 22.5 Å². The maximum atomic E-state index is 12.9. The van der Waals surface area contributed by atoms with Crippen molar-refractivity contribution < 1.29 is 22.5 Å². The molecule has 29 heavy (non-hydrogen) atoms. The summed E-state index contributed by atoms with van der Waals surface area (Å²) in [6.07, 6.45) is -0.950. The SMILES string of the molecule is CS(=O)CCN1C=c2ccccc2=C2NN(c3ccc(C(F)(F)F)cc3)C(O)=C21. The van der Waals surface area contributed by atoms with Crippen molar-refractivity contribution >= 4 is 28.4 Å². The molecule has 0 radical (unpaired) electrons. The van der Waals surface area contributed by atoms with Crippen LogP contribution in [-0.4, -0.2) is 32.8 Å². The fourth-order valence-corrected chi connectivity index (χ4v) is 3.81. The molecule has 0 saturated heterocycles. The average Bonchev–Trinajstić information content (AvgIpc) is 3.03. The zero-order valence-electron chi connectivity index (χ0n) is 15.4. The summed E-state index contributed by atoms with van der Waals surface area (Å²) in [5, 5.41) is 14.0. The molecule has 1 atom stereocenters. The first-order chi connectivity index (χ1) is 13.8. The molecule has 0 bridgehead atoms. The van der Waals surface area contributed by atoms with Crippen LogP contribution >= 0.6 is 0 Å². The average molecular weight is 421 g/mol. The van der Waals surface area contributed by atoms with E-state index in [2.05, 4.69) is 5.43 Å². The van der Waals surface area contributed by atoms with Crippen molar-refractivity contribution in [2.24, 2.45) is 0 Å². The normalized spacial score (nSPS) is 16.9. The third kappa shape index (κ3) is 3.57. The van der Waals surface area contributed by atoms with Crippen LogP contribution in [0.25, 0.3) is 11.9 Å². The van der Waals surface area contributed by atoms with Crippen LogP contribution in [0, 0.1) is 0 Å². The molecular formula is C20H18F3N3O2S. The van der Waals surface area contributed by atoms with Gasteiger partial charge >= 0.3 is 6.18 Å². The first-order valence-corrected chi connectivity index (χ1v) is 10.5. The summed E-state index contributed by atoms with van der Waals surface area (Å²) in [4.78, 5) is 1.81. The molecule has 9 heteroatoms. The lowest BCUT2D eigenvalue weighted by molar-refractivity contribution is -0.137. The lowest BCUT2D eigenvalue weighted by Gasteiger charge is -2.24. The number of hydrogen-bond acceptors (Lipinski definition) is 5. The van der Waals surface area contributed by atoms with E-state index in [0.29, 0.717) is 29.4 Å². The van der Waals surface area contributed by atoms with Crippen molar-refractivity contribution in [1.29, 1.82) is 0 Å². The summed E-state index contributed by atoms with van der Waals surface area (Å²) in [7, 11) is -1.02. The van der Waals surface area contributed by atoms with E-state index in [4.69, 9.17) is 0 Å². The van der Waals surface area contributed by atoms with Gasteiger partial charge in [-0.05, 0) is 24.3 Å². The fourth-order valence-electron chi connectivity index (χ4n) is 3.35. The fraction of sp³-hybridized carbons (Fsp3) is 0.200. The van der Waals surface area contributed by atoms with Crippen LogP contribution in [0.15, 0.2) is 60.1 Å². The molecule has 152 valence electrons. The van der Waals surface area contributed by atoms with Crippen molar-refractivity contribution in [3.63, 3.8) is 0 Å². The summed E-state index contributed by atoms with van der Waals surface area (Å²) in [6.45, 7) is 0.420. The molecule has 2 aliphatic heterocycles. The molecule has 2 heterocycles. The number of anilines is 1. The standard InChI is InChI=1S/C20H18F3N3O2S/c1-29(28)11-10-25-12-13-4-2-3-5-16(13)17-18(25)19(27)26(24-17)15-8-6-14(7-9-15)20(21,22)23/h2-9,12,24,27H,10-11H2,1H3. The molecule has 0 saturated carbocycles. The van der Waals surface area contributed by atoms with Gasteiger partial charge in [-0.3, -0.25) is 9.63 Å². The van der Waals surface area contributed by atoms with Gasteiger partial charge in [-0.15, -0.1) is 0 Å². The predicted molar refractivity (Wildman–Crippen MR) is 106 cm³/mol. The number of nitrogens with zero attached hydrogens (tertiary/aromatic N) is 2. The van der Waals surface area contributed by atoms with Crippen molar-refractivity contribution in [2.45, 2.75) is 6.18 Å². The van der Waals surface area contributed by atoms with Gasteiger partial charge in [0, 0.05) is 46.0 Å². The van der Waals surface area contributed by atoms with E-state index in [1.54, 1.807) is 6.26 Å². The summed E-state index contributed by atoms with van der Waals surface area (Å²) in [6, 6.07) is 12.1. The number of alkyl halides is 3. The second kappa shape index (κ2) is 7.14. The van der Waals surface area contributed by atoms with Gasteiger partial charge in [0.05, 0.1) is 16.9 Å². The highest BCUT2D eigenvalue weighted by atomic mass is 32.2. The first-order valence-electron chi connectivity index (χ1n) is 8.81. The van der Waals surface area contributed by atoms with Crippen LogP contribution in [0.3, 0.4) is 0 Å². The molecule has 0 fully saturated rings. The number of aliphatic hydroxyl groups is 1. The molecule has 2 N–H and O–H groups in total. The van der Waals surface area contributed by atoms with Gasteiger partial charge in [-0.1, -0.05) is 24.3 Å². The third-order valence-corrected chi connectivity index (χ3v) is 5.53. The molecule has 0 spiro atoms. The van der Waals surface area contributed by atoms with Gasteiger partial charge in [0.1, 0.15) is 5.70 Å². The molecule has 0 aliphatic carbocycles. The number of rotatable bonds is 4. The Balaban J connectivity index is 1.78. The highest BCUT2D eigenvalue weighted by Gasteiger charge is 2.34. The molecule has 4 rings (SSSR count). The van der Waals surface area contributed by atoms with E-state index in [1.165, 1.54) is 17.1 Å². The minimum atomic E-state index is -4.43. The van der Waals surface area contributed by atoms with Gasteiger partial charge in [0.25, 0.3) is 0 Å². The first kappa shape index (κ1) is 19.4. The summed E-state index contributed by atoms with van der Waals surface area (Å²) in [5.74, 6) is 0.274. The van der Waals surface area contributed by atoms with Crippen molar-refractivity contribution in [3.05, 3.63) is 76.1 Å². The number of benzene rings is 2. The highest BCUT2D eigenvalue weighted by Crippen LogP contribution is 2.34. The molecule has 0 amide bonds. The highest BCUT2D eigenvalue weighted by molar-refractivity contribution is 7.84. The maximum Gasteiger partial charge on any atom is 0.416 e. The Labute approximate surface area is 167 Å². The Hall–Kier alpha value is -2.94. The van der Waals surface area contributed by atoms with E-state index >= 15 is 0 Å². The van der Waals surface area contributed by atoms with Crippen molar-refractivity contribution in [2.75, 3.05) is 23.6 Å². The van der Waals surface area contributed by atoms with Crippen LogP contribution in [0.1, 0.15) is 5.56 Å². The summed E-state index contributed by atoms with van der Waals surface area (Å²) < 4.78 is 50.1. The number of hydrazine groups is 1.